The standard InChI is InChI=1S/C15H24N4O2/c1-5-7-21-12-8-10(3)13(11(4)9-12)18-15(20)19-14(16)17-6-2/h8-9H,5-7H2,1-4H3,(H4,16,17,18,19,20). The van der Waals surface area contributed by atoms with Crippen LogP contribution in [0.5, 0.6) is 5.75 Å². The number of aryl methyl sites for hydroxylation is 2. The number of ether oxygens (including phenoxy) is 1. The molecule has 1 rings (SSSR count). The number of hydrogen-bond donors (Lipinski definition) is 3. The van der Waals surface area contributed by atoms with Gasteiger partial charge in [0, 0.05) is 12.2 Å². The summed E-state index contributed by atoms with van der Waals surface area (Å²) in [5.74, 6) is 0.915. The molecule has 0 aliphatic carbocycles. The monoisotopic (exact) mass is 292 g/mol. The van der Waals surface area contributed by atoms with Crippen LogP contribution in [0.15, 0.2) is 17.1 Å². The van der Waals surface area contributed by atoms with E-state index in [4.69, 9.17) is 10.5 Å². The Kier molecular flexibility index (Phi) is 6.52. The first-order chi connectivity index (χ1) is 9.97. The van der Waals surface area contributed by atoms with Crippen LogP contribution in [0.1, 0.15) is 31.4 Å². The normalized spacial score (nSPS) is 11.1. The molecule has 0 saturated carbocycles. The van der Waals surface area contributed by atoms with Crippen LogP contribution >= 0.6 is 0 Å². The molecule has 0 aliphatic heterocycles. The quantitative estimate of drug-likeness (QED) is 0.575. The molecule has 116 valence electrons. The number of nitrogens with one attached hydrogen (secondary N) is 2. The number of amides is 2. The molecule has 0 bridgehead atoms. The summed E-state index contributed by atoms with van der Waals surface area (Å²) in [6, 6.07) is 3.40. The first kappa shape index (κ1) is 16.8. The zero-order chi connectivity index (χ0) is 15.8. The summed E-state index contributed by atoms with van der Waals surface area (Å²) >= 11 is 0. The lowest BCUT2D eigenvalue weighted by atomic mass is 10.1. The second-order valence-electron chi connectivity index (χ2n) is 4.72. The minimum absolute atomic E-state index is 0.105. The van der Waals surface area contributed by atoms with Crippen LogP contribution in [0.4, 0.5) is 10.5 Å². The molecule has 0 fully saturated rings. The van der Waals surface area contributed by atoms with E-state index in [0.29, 0.717) is 13.2 Å². The van der Waals surface area contributed by atoms with Crippen molar-refractivity contribution >= 4 is 17.7 Å². The number of nitrogens with two attached hydrogens (primary N) is 1. The van der Waals surface area contributed by atoms with Gasteiger partial charge in [0.2, 0.25) is 0 Å². The zero-order valence-electron chi connectivity index (χ0n) is 13.1. The molecule has 4 N–H and O–H groups in total. The molecule has 0 saturated heterocycles. The lowest BCUT2D eigenvalue weighted by Gasteiger charge is -2.14. The smallest absolute Gasteiger partial charge is 0.326 e. The molecule has 0 aliphatic rings. The second-order valence-corrected chi connectivity index (χ2v) is 4.72. The number of aliphatic imine (C=N–C) groups is 1. The first-order valence-electron chi connectivity index (χ1n) is 7.09. The van der Waals surface area contributed by atoms with Gasteiger partial charge in [-0.15, -0.1) is 0 Å². The Labute approximate surface area is 125 Å². The van der Waals surface area contributed by atoms with Crippen molar-refractivity contribution < 1.29 is 9.53 Å². The van der Waals surface area contributed by atoms with Crippen molar-refractivity contribution in [3.8, 4) is 5.75 Å². The highest BCUT2D eigenvalue weighted by atomic mass is 16.5. The van der Waals surface area contributed by atoms with Gasteiger partial charge < -0.3 is 15.8 Å². The van der Waals surface area contributed by atoms with E-state index in [1.165, 1.54) is 0 Å². The van der Waals surface area contributed by atoms with Gasteiger partial charge >= 0.3 is 6.03 Å². The summed E-state index contributed by atoms with van der Waals surface area (Å²) in [5, 5.41) is 5.26. The zero-order valence-corrected chi connectivity index (χ0v) is 13.1. The number of benzene rings is 1. The first-order valence-corrected chi connectivity index (χ1v) is 7.09. The summed E-state index contributed by atoms with van der Waals surface area (Å²) in [6.07, 6.45) is 0.955. The third kappa shape index (κ3) is 5.33. The number of carbonyl (C=O) groups excluding carboxylic acids is 1. The molecule has 0 unspecified atom stereocenters. The SMILES string of the molecule is CCCOc1cc(C)c(NC(=O)NC(N)=NCC)c(C)c1. The van der Waals surface area contributed by atoms with Crippen molar-refractivity contribution in [3.05, 3.63) is 23.3 Å². The van der Waals surface area contributed by atoms with E-state index in [1.807, 2.05) is 32.9 Å². The van der Waals surface area contributed by atoms with E-state index in [0.717, 1.165) is 29.0 Å². The van der Waals surface area contributed by atoms with E-state index in [2.05, 4.69) is 22.5 Å². The Morgan fingerprint density at radius 1 is 1.29 bits per heavy atom. The Morgan fingerprint density at radius 2 is 1.90 bits per heavy atom. The average Bonchev–Trinajstić information content (AvgIpc) is 2.40. The van der Waals surface area contributed by atoms with E-state index in [9.17, 15) is 4.79 Å². The number of nitrogens with zero attached hydrogens (tertiary/aromatic N) is 1. The van der Waals surface area contributed by atoms with Gasteiger partial charge in [-0.25, -0.2) is 4.79 Å². The van der Waals surface area contributed by atoms with Gasteiger partial charge in [-0.05, 0) is 50.5 Å². The Bertz CT molecular complexity index is 503. The van der Waals surface area contributed by atoms with Crippen molar-refractivity contribution in [2.45, 2.75) is 34.1 Å². The number of guanidine groups is 1. The van der Waals surface area contributed by atoms with Crippen LogP contribution in [-0.2, 0) is 0 Å². The molecule has 21 heavy (non-hydrogen) atoms. The minimum atomic E-state index is -0.405. The van der Waals surface area contributed by atoms with Gasteiger partial charge in [0.1, 0.15) is 5.75 Å². The van der Waals surface area contributed by atoms with Crippen LogP contribution in [-0.4, -0.2) is 25.1 Å². The maximum absolute atomic E-state index is 11.8. The molecular weight excluding hydrogens is 268 g/mol. The summed E-state index contributed by atoms with van der Waals surface area (Å²) in [5.41, 5.74) is 8.17. The van der Waals surface area contributed by atoms with Gasteiger partial charge in [0.25, 0.3) is 0 Å². The fraction of sp³-hybridized carbons (Fsp3) is 0.467. The Hall–Kier alpha value is -2.24. The maximum atomic E-state index is 11.8. The van der Waals surface area contributed by atoms with E-state index in [1.54, 1.807) is 0 Å². The predicted molar refractivity (Wildman–Crippen MR) is 86.0 cm³/mol. The lowest BCUT2D eigenvalue weighted by Crippen LogP contribution is -2.39. The Balaban J connectivity index is 2.79. The van der Waals surface area contributed by atoms with Crippen molar-refractivity contribution in [1.29, 1.82) is 0 Å². The second kappa shape index (κ2) is 8.14. The van der Waals surface area contributed by atoms with Gasteiger partial charge in [-0.3, -0.25) is 10.3 Å². The topological polar surface area (TPSA) is 88.7 Å². The largest absolute Gasteiger partial charge is 0.494 e. The van der Waals surface area contributed by atoms with Gasteiger partial charge in [-0.1, -0.05) is 6.92 Å². The lowest BCUT2D eigenvalue weighted by molar-refractivity contribution is 0.256. The molecule has 0 heterocycles. The highest BCUT2D eigenvalue weighted by molar-refractivity contribution is 6.02. The van der Waals surface area contributed by atoms with E-state index in [-0.39, 0.29) is 5.96 Å². The maximum Gasteiger partial charge on any atom is 0.326 e. The number of anilines is 1. The molecule has 0 spiro atoms. The number of carbonyl (C=O) groups is 1. The van der Waals surface area contributed by atoms with Crippen molar-refractivity contribution in [1.82, 2.24) is 5.32 Å². The molecule has 0 atom stereocenters. The van der Waals surface area contributed by atoms with Crippen LogP contribution < -0.4 is 21.1 Å². The molecular formula is C15H24N4O2. The Morgan fingerprint density at radius 3 is 2.43 bits per heavy atom. The molecule has 6 nitrogen and oxygen atoms in total. The van der Waals surface area contributed by atoms with Crippen LogP contribution in [0, 0.1) is 13.8 Å². The minimum Gasteiger partial charge on any atom is -0.494 e. The van der Waals surface area contributed by atoms with E-state index < -0.39 is 6.03 Å². The predicted octanol–water partition coefficient (Wildman–Crippen LogP) is 2.55. The summed E-state index contributed by atoms with van der Waals surface area (Å²) in [6.45, 7) is 8.94. The number of rotatable bonds is 5. The van der Waals surface area contributed by atoms with E-state index >= 15 is 0 Å². The van der Waals surface area contributed by atoms with Crippen LogP contribution in [0.25, 0.3) is 0 Å². The third-order valence-corrected chi connectivity index (χ3v) is 2.79. The fourth-order valence-electron chi connectivity index (χ4n) is 1.90. The van der Waals surface area contributed by atoms with Gasteiger partial charge in [0.15, 0.2) is 5.96 Å². The van der Waals surface area contributed by atoms with Gasteiger partial charge in [-0.2, -0.15) is 0 Å². The molecule has 2 amide bonds. The van der Waals surface area contributed by atoms with Crippen molar-refractivity contribution in [2.75, 3.05) is 18.5 Å². The molecule has 1 aromatic rings. The summed E-state index contributed by atoms with van der Waals surface area (Å²) in [7, 11) is 0. The molecule has 6 heteroatoms. The van der Waals surface area contributed by atoms with Crippen molar-refractivity contribution in [3.63, 3.8) is 0 Å². The summed E-state index contributed by atoms with van der Waals surface area (Å²) in [4.78, 5) is 15.7. The number of urea groups is 1. The van der Waals surface area contributed by atoms with Crippen LogP contribution in [0.3, 0.4) is 0 Å². The summed E-state index contributed by atoms with van der Waals surface area (Å²) < 4.78 is 5.61. The van der Waals surface area contributed by atoms with Crippen LogP contribution in [0.2, 0.25) is 0 Å². The molecule has 0 aromatic heterocycles. The average molecular weight is 292 g/mol. The van der Waals surface area contributed by atoms with Crippen molar-refractivity contribution in [2.24, 2.45) is 10.7 Å². The fourth-order valence-corrected chi connectivity index (χ4v) is 1.90. The van der Waals surface area contributed by atoms with Gasteiger partial charge in [0.05, 0.1) is 6.61 Å². The highest BCUT2D eigenvalue weighted by Gasteiger charge is 2.10. The highest BCUT2D eigenvalue weighted by Crippen LogP contribution is 2.26. The third-order valence-electron chi connectivity index (χ3n) is 2.79. The molecule has 1 aromatic carbocycles. The number of hydrogen-bond acceptors (Lipinski definition) is 3. The molecule has 0 radical (unpaired) electrons.